The summed E-state index contributed by atoms with van der Waals surface area (Å²) in [5, 5.41) is 0.697. The van der Waals surface area contributed by atoms with E-state index in [-0.39, 0.29) is 5.82 Å². The van der Waals surface area contributed by atoms with E-state index in [0.29, 0.717) is 11.4 Å². The number of alkyl halides is 1. The van der Waals surface area contributed by atoms with Crippen molar-refractivity contribution in [2.75, 3.05) is 31.6 Å². The molecule has 1 unspecified atom stereocenters. The first-order valence-corrected chi connectivity index (χ1v) is 8.07. The Balaban J connectivity index is 2.32. The Morgan fingerprint density at radius 2 is 2.16 bits per heavy atom. The molecular weight excluding hydrogens is 307 g/mol. The lowest BCUT2D eigenvalue weighted by atomic mass is 10.1. The van der Waals surface area contributed by atoms with E-state index >= 15 is 0 Å². The summed E-state index contributed by atoms with van der Waals surface area (Å²) in [5.74, 6) is -0.154. The third-order valence-electron chi connectivity index (χ3n) is 3.87. The van der Waals surface area contributed by atoms with Crippen LogP contribution < -0.4 is 4.90 Å². The molecule has 1 saturated heterocycles. The topological polar surface area (TPSA) is 6.48 Å². The van der Waals surface area contributed by atoms with Crippen LogP contribution in [0.1, 0.15) is 25.3 Å². The Bertz CT molecular complexity index is 425. The van der Waals surface area contributed by atoms with Crippen molar-refractivity contribution in [1.29, 1.82) is 0 Å². The van der Waals surface area contributed by atoms with Crippen LogP contribution >= 0.6 is 15.9 Å². The molecule has 0 spiro atoms. The van der Waals surface area contributed by atoms with Gasteiger partial charge in [0.05, 0.1) is 0 Å². The number of halogens is 2. The Morgan fingerprint density at radius 3 is 2.84 bits per heavy atom. The molecule has 0 N–H and O–H groups in total. The van der Waals surface area contributed by atoms with Gasteiger partial charge >= 0.3 is 0 Å². The second-order valence-electron chi connectivity index (χ2n) is 5.28. The summed E-state index contributed by atoms with van der Waals surface area (Å²) >= 11 is 3.48. The van der Waals surface area contributed by atoms with Crippen LogP contribution in [0.2, 0.25) is 0 Å². The third kappa shape index (κ3) is 3.48. The van der Waals surface area contributed by atoms with E-state index < -0.39 is 0 Å². The summed E-state index contributed by atoms with van der Waals surface area (Å²) in [6.07, 6.45) is 2.27. The summed E-state index contributed by atoms with van der Waals surface area (Å²) in [6, 6.07) is 5.66. The van der Waals surface area contributed by atoms with E-state index in [1.165, 1.54) is 5.69 Å². The molecule has 1 aliphatic heterocycles. The fourth-order valence-electron chi connectivity index (χ4n) is 2.85. The average Bonchev–Trinajstić information content (AvgIpc) is 2.60. The smallest absolute Gasteiger partial charge is 0.123 e. The standard InChI is InChI=1S/C15H22BrFN2/c1-3-14-11-18(2)7-4-8-19(14)15-6-5-13(17)9-12(15)10-16/h5-6,9,14H,3-4,7-8,10-11H2,1-2H3. The van der Waals surface area contributed by atoms with Crippen molar-refractivity contribution in [3.63, 3.8) is 0 Å². The van der Waals surface area contributed by atoms with Crippen LogP contribution in [0.15, 0.2) is 18.2 Å². The molecule has 1 atom stereocenters. The van der Waals surface area contributed by atoms with Crippen molar-refractivity contribution >= 4 is 21.6 Å². The molecule has 1 aromatic carbocycles. The van der Waals surface area contributed by atoms with Gasteiger partial charge in [0.2, 0.25) is 0 Å². The minimum Gasteiger partial charge on any atom is -0.367 e. The number of likely N-dealkylation sites (N-methyl/N-ethyl adjacent to an activating group) is 1. The molecule has 0 aromatic heterocycles. The number of hydrogen-bond donors (Lipinski definition) is 0. The molecule has 0 amide bonds. The van der Waals surface area contributed by atoms with E-state index in [1.54, 1.807) is 12.1 Å². The van der Waals surface area contributed by atoms with Crippen LogP contribution in [0.4, 0.5) is 10.1 Å². The predicted molar refractivity (Wildman–Crippen MR) is 82.6 cm³/mol. The lowest BCUT2D eigenvalue weighted by molar-refractivity contribution is 0.328. The Labute approximate surface area is 123 Å². The van der Waals surface area contributed by atoms with Gasteiger partial charge < -0.3 is 9.80 Å². The third-order valence-corrected chi connectivity index (χ3v) is 4.47. The fourth-order valence-corrected chi connectivity index (χ4v) is 3.30. The highest BCUT2D eigenvalue weighted by Crippen LogP contribution is 2.28. The van der Waals surface area contributed by atoms with Gasteiger partial charge in [0.15, 0.2) is 0 Å². The second kappa shape index (κ2) is 6.71. The van der Waals surface area contributed by atoms with Crippen molar-refractivity contribution in [2.45, 2.75) is 31.1 Å². The first-order valence-electron chi connectivity index (χ1n) is 6.95. The van der Waals surface area contributed by atoms with Crippen LogP contribution in [-0.4, -0.2) is 37.6 Å². The zero-order chi connectivity index (χ0) is 13.8. The molecule has 1 heterocycles. The van der Waals surface area contributed by atoms with E-state index in [0.717, 1.165) is 38.0 Å². The van der Waals surface area contributed by atoms with Gasteiger partial charge in [-0.05, 0) is 50.2 Å². The molecule has 106 valence electrons. The lowest BCUT2D eigenvalue weighted by Gasteiger charge is -2.33. The van der Waals surface area contributed by atoms with Gasteiger partial charge in [-0.15, -0.1) is 0 Å². The van der Waals surface area contributed by atoms with E-state index in [4.69, 9.17) is 0 Å². The minimum atomic E-state index is -0.154. The van der Waals surface area contributed by atoms with Gasteiger partial charge in [-0.1, -0.05) is 22.9 Å². The number of rotatable bonds is 3. The molecule has 1 aromatic rings. The van der Waals surface area contributed by atoms with Crippen molar-refractivity contribution in [3.05, 3.63) is 29.6 Å². The van der Waals surface area contributed by atoms with Crippen LogP contribution in [0.5, 0.6) is 0 Å². The summed E-state index contributed by atoms with van der Waals surface area (Å²) in [4.78, 5) is 4.85. The molecule has 0 bridgehead atoms. The highest BCUT2D eigenvalue weighted by molar-refractivity contribution is 9.08. The largest absolute Gasteiger partial charge is 0.367 e. The molecular formula is C15H22BrFN2. The zero-order valence-electron chi connectivity index (χ0n) is 11.7. The van der Waals surface area contributed by atoms with Gasteiger partial charge in [0.1, 0.15) is 5.82 Å². The maximum atomic E-state index is 13.4. The minimum absolute atomic E-state index is 0.154. The SMILES string of the molecule is CCC1CN(C)CCCN1c1ccc(F)cc1CBr. The molecule has 2 nitrogen and oxygen atoms in total. The monoisotopic (exact) mass is 328 g/mol. The maximum absolute atomic E-state index is 13.4. The fraction of sp³-hybridized carbons (Fsp3) is 0.600. The number of hydrogen-bond acceptors (Lipinski definition) is 2. The molecule has 1 aliphatic rings. The van der Waals surface area contributed by atoms with E-state index in [1.807, 2.05) is 6.07 Å². The summed E-state index contributed by atoms with van der Waals surface area (Å²) < 4.78 is 13.4. The zero-order valence-corrected chi connectivity index (χ0v) is 13.3. The Morgan fingerprint density at radius 1 is 1.37 bits per heavy atom. The van der Waals surface area contributed by atoms with Crippen molar-refractivity contribution < 1.29 is 4.39 Å². The van der Waals surface area contributed by atoms with Gasteiger partial charge in [-0.2, -0.15) is 0 Å². The molecule has 0 aliphatic carbocycles. The average molecular weight is 329 g/mol. The van der Waals surface area contributed by atoms with Gasteiger partial charge in [-0.3, -0.25) is 0 Å². The molecule has 0 radical (unpaired) electrons. The van der Waals surface area contributed by atoms with Gasteiger partial charge in [0, 0.05) is 30.1 Å². The first kappa shape index (κ1) is 14.8. The van der Waals surface area contributed by atoms with Gasteiger partial charge in [-0.25, -0.2) is 4.39 Å². The number of benzene rings is 1. The Kier molecular flexibility index (Phi) is 5.22. The van der Waals surface area contributed by atoms with Crippen molar-refractivity contribution in [3.8, 4) is 0 Å². The number of anilines is 1. The molecule has 0 saturated carbocycles. The summed E-state index contributed by atoms with van der Waals surface area (Å²) in [7, 11) is 2.18. The van der Waals surface area contributed by atoms with Crippen LogP contribution in [-0.2, 0) is 5.33 Å². The van der Waals surface area contributed by atoms with Crippen LogP contribution in [0.25, 0.3) is 0 Å². The summed E-state index contributed by atoms with van der Waals surface area (Å²) in [5.41, 5.74) is 2.23. The van der Waals surface area contributed by atoms with Crippen LogP contribution in [0, 0.1) is 5.82 Å². The normalized spacial score (nSPS) is 21.5. The van der Waals surface area contributed by atoms with Gasteiger partial charge in [0.25, 0.3) is 0 Å². The molecule has 1 fully saturated rings. The molecule has 2 rings (SSSR count). The van der Waals surface area contributed by atoms with E-state index in [9.17, 15) is 4.39 Å². The molecule has 19 heavy (non-hydrogen) atoms. The van der Waals surface area contributed by atoms with Crippen molar-refractivity contribution in [2.24, 2.45) is 0 Å². The Hall–Kier alpha value is -0.610. The highest BCUT2D eigenvalue weighted by atomic mass is 79.9. The van der Waals surface area contributed by atoms with E-state index in [2.05, 4.69) is 39.7 Å². The van der Waals surface area contributed by atoms with Crippen LogP contribution in [0.3, 0.4) is 0 Å². The second-order valence-corrected chi connectivity index (χ2v) is 5.84. The summed E-state index contributed by atoms with van der Waals surface area (Å²) in [6.45, 7) is 5.50. The number of nitrogens with zero attached hydrogens (tertiary/aromatic N) is 2. The lowest BCUT2D eigenvalue weighted by Crippen LogP contribution is -2.40. The molecule has 4 heteroatoms. The maximum Gasteiger partial charge on any atom is 0.123 e. The predicted octanol–water partition coefficient (Wildman–Crippen LogP) is 3.64. The quantitative estimate of drug-likeness (QED) is 0.781. The van der Waals surface area contributed by atoms with Crippen molar-refractivity contribution in [1.82, 2.24) is 4.90 Å². The first-order chi connectivity index (χ1) is 9.15. The highest BCUT2D eigenvalue weighted by Gasteiger charge is 2.23.